The minimum Gasteiger partial charge on any atom is -0.276 e. The number of fused-ring (bicyclic) bond motifs is 3. The Morgan fingerprint density at radius 2 is 1.24 bits per heavy atom. The lowest BCUT2D eigenvalue weighted by Crippen LogP contribution is -2.19. The fraction of sp³-hybridized carbons (Fsp3) is 0.0500. The summed E-state index contributed by atoms with van der Waals surface area (Å²) in [5.41, 5.74) is 0.0642. The molecule has 0 aliphatic heterocycles. The predicted octanol–water partition coefficient (Wildman–Crippen LogP) is 5.16. The number of nitrogens with zero attached hydrogens (tertiary/aromatic N) is 1. The molecule has 0 spiro atoms. The van der Waals surface area contributed by atoms with Crippen LogP contribution in [0.4, 0.5) is 13.2 Å². The molecule has 0 bridgehead atoms. The summed E-state index contributed by atoms with van der Waals surface area (Å²) in [5.74, 6) is 0. The molecule has 0 fully saturated rings. The van der Waals surface area contributed by atoms with Crippen LogP contribution in [0.2, 0.25) is 0 Å². The first kappa shape index (κ1) is 15.4. The molecule has 4 rings (SSSR count). The van der Waals surface area contributed by atoms with Crippen molar-refractivity contribution >= 4 is 21.7 Å². The van der Waals surface area contributed by atoms with Crippen molar-refractivity contribution in [1.82, 2.24) is 4.57 Å². The van der Waals surface area contributed by atoms with E-state index in [4.69, 9.17) is 0 Å². The molecule has 3 aromatic carbocycles. The number of hydrogen-bond donors (Lipinski definition) is 0. The Morgan fingerprint density at radius 1 is 0.680 bits per heavy atom. The van der Waals surface area contributed by atoms with E-state index in [0.29, 0.717) is 16.6 Å². The summed E-state index contributed by atoms with van der Waals surface area (Å²) in [6.07, 6.45) is -4.41. The molecule has 0 amide bonds. The summed E-state index contributed by atoms with van der Waals surface area (Å²) in [7, 11) is 0. The van der Waals surface area contributed by atoms with E-state index in [2.05, 4.69) is 0 Å². The average Bonchev–Trinajstić information content (AvgIpc) is 2.62. The van der Waals surface area contributed by atoms with E-state index in [9.17, 15) is 18.0 Å². The highest BCUT2D eigenvalue weighted by molar-refractivity contribution is 6.06. The average molecular weight is 339 g/mol. The van der Waals surface area contributed by atoms with Gasteiger partial charge in [-0.15, -0.1) is 0 Å². The van der Waals surface area contributed by atoms with Gasteiger partial charge in [-0.1, -0.05) is 36.4 Å². The first-order valence-corrected chi connectivity index (χ1v) is 7.67. The number of hydrogen-bond acceptors (Lipinski definition) is 1. The largest absolute Gasteiger partial charge is 0.416 e. The van der Waals surface area contributed by atoms with Crippen LogP contribution in [0.5, 0.6) is 0 Å². The van der Waals surface area contributed by atoms with E-state index in [1.165, 1.54) is 16.7 Å². The molecule has 124 valence electrons. The maximum absolute atomic E-state index is 13.0. The Hall–Kier alpha value is -3.08. The maximum atomic E-state index is 13.0. The lowest BCUT2D eigenvalue weighted by molar-refractivity contribution is -0.137. The lowest BCUT2D eigenvalue weighted by atomic mass is 10.1. The minimum absolute atomic E-state index is 0.256. The molecule has 1 aromatic heterocycles. The Morgan fingerprint density at radius 3 is 1.88 bits per heavy atom. The second-order valence-electron chi connectivity index (χ2n) is 5.75. The molecule has 1 heterocycles. The van der Waals surface area contributed by atoms with Crippen LogP contribution in [0.15, 0.2) is 77.6 Å². The third-order valence-electron chi connectivity index (χ3n) is 4.25. The Balaban J connectivity index is 2.07. The molecule has 0 atom stereocenters. The number of pyridine rings is 1. The van der Waals surface area contributed by atoms with Crippen molar-refractivity contribution < 1.29 is 13.2 Å². The molecule has 0 N–H and O–H groups in total. The van der Waals surface area contributed by atoms with Crippen LogP contribution < -0.4 is 5.56 Å². The van der Waals surface area contributed by atoms with Crippen LogP contribution in [-0.2, 0) is 6.18 Å². The minimum atomic E-state index is -4.41. The van der Waals surface area contributed by atoms with Crippen LogP contribution in [-0.4, -0.2) is 4.57 Å². The Labute approximate surface area is 140 Å². The molecule has 0 aliphatic carbocycles. The number of alkyl halides is 3. The highest BCUT2D eigenvalue weighted by Crippen LogP contribution is 2.30. The van der Waals surface area contributed by atoms with E-state index in [-0.39, 0.29) is 5.56 Å². The molecule has 0 saturated carbocycles. The molecule has 0 unspecified atom stereocenters. The zero-order chi connectivity index (χ0) is 17.6. The van der Waals surface area contributed by atoms with Gasteiger partial charge < -0.3 is 0 Å². The molecule has 4 aromatic rings. The molecule has 0 radical (unpaired) electrons. The monoisotopic (exact) mass is 339 g/mol. The summed E-state index contributed by atoms with van der Waals surface area (Å²) in [4.78, 5) is 13.0. The van der Waals surface area contributed by atoms with Crippen molar-refractivity contribution in [2.24, 2.45) is 0 Å². The van der Waals surface area contributed by atoms with Crippen LogP contribution in [0, 0.1) is 0 Å². The van der Waals surface area contributed by atoms with Crippen LogP contribution in [0.3, 0.4) is 0 Å². The fourth-order valence-electron chi connectivity index (χ4n) is 3.09. The third kappa shape index (κ3) is 2.48. The first-order valence-electron chi connectivity index (χ1n) is 7.67. The molecule has 5 heteroatoms. The van der Waals surface area contributed by atoms with E-state index in [1.807, 2.05) is 24.3 Å². The molecule has 0 saturated heterocycles. The molecule has 2 nitrogen and oxygen atoms in total. The topological polar surface area (TPSA) is 22.0 Å². The summed E-state index contributed by atoms with van der Waals surface area (Å²) < 4.78 is 39.8. The SMILES string of the molecule is O=c1c2ccccc2c2ccccc2n1-c1ccc(C(F)(F)F)cc1. The van der Waals surface area contributed by atoms with E-state index >= 15 is 0 Å². The van der Waals surface area contributed by atoms with Crippen molar-refractivity contribution in [2.45, 2.75) is 6.18 Å². The molecule has 0 aliphatic rings. The van der Waals surface area contributed by atoms with Crippen LogP contribution >= 0.6 is 0 Å². The standard InChI is InChI=1S/C20H12F3NO/c21-20(22,23)13-9-11-14(12-10-13)24-18-8-4-3-6-16(18)15-5-1-2-7-17(15)19(24)25/h1-12H. The number of para-hydroxylation sites is 1. The maximum Gasteiger partial charge on any atom is 0.416 e. The normalized spacial score (nSPS) is 12.0. The first-order chi connectivity index (χ1) is 12.0. The molecular weight excluding hydrogens is 327 g/mol. The van der Waals surface area contributed by atoms with E-state index in [0.717, 1.165) is 22.9 Å². The van der Waals surface area contributed by atoms with Gasteiger partial charge in [0.2, 0.25) is 0 Å². The fourth-order valence-corrected chi connectivity index (χ4v) is 3.09. The lowest BCUT2D eigenvalue weighted by Gasteiger charge is -2.14. The van der Waals surface area contributed by atoms with Crippen molar-refractivity contribution in [3.05, 3.63) is 88.7 Å². The Bertz CT molecular complexity index is 1140. The highest BCUT2D eigenvalue weighted by atomic mass is 19.4. The zero-order valence-corrected chi connectivity index (χ0v) is 12.9. The second kappa shape index (κ2) is 5.48. The van der Waals surface area contributed by atoms with Crippen molar-refractivity contribution in [1.29, 1.82) is 0 Å². The van der Waals surface area contributed by atoms with Gasteiger partial charge in [0, 0.05) is 16.5 Å². The second-order valence-corrected chi connectivity index (χ2v) is 5.75. The van der Waals surface area contributed by atoms with E-state index < -0.39 is 11.7 Å². The number of aromatic nitrogens is 1. The molecule has 25 heavy (non-hydrogen) atoms. The Kier molecular flexibility index (Phi) is 3.39. The van der Waals surface area contributed by atoms with Gasteiger partial charge in [0.25, 0.3) is 5.56 Å². The van der Waals surface area contributed by atoms with Crippen LogP contribution in [0.1, 0.15) is 5.56 Å². The van der Waals surface area contributed by atoms with Gasteiger partial charge in [0.05, 0.1) is 11.1 Å². The van der Waals surface area contributed by atoms with Gasteiger partial charge >= 0.3 is 6.18 Å². The molecular formula is C20H12F3NO. The summed E-state index contributed by atoms with van der Waals surface area (Å²) in [6, 6.07) is 19.2. The number of halogens is 3. The highest BCUT2D eigenvalue weighted by Gasteiger charge is 2.30. The third-order valence-corrected chi connectivity index (χ3v) is 4.25. The summed E-state index contributed by atoms with van der Waals surface area (Å²) in [6.45, 7) is 0. The van der Waals surface area contributed by atoms with Crippen molar-refractivity contribution in [3.63, 3.8) is 0 Å². The number of rotatable bonds is 1. The van der Waals surface area contributed by atoms with Gasteiger partial charge in [0.15, 0.2) is 0 Å². The van der Waals surface area contributed by atoms with Gasteiger partial charge in [-0.05, 0) is 41.8 Å². The van der Waals surface area contributed by atoms with Gasteiger partial charge in [-0.25, -0.2) is 0 Å². The van der Waals surface area contributed by atoms with Crippen molar-refractivity contribution in [2.75, 3.05) is 0 Å². The predicted molar refractivity (Wildman–Crippen MR) is 92.1 cm³/mol. The summed E-state index contributed by atoms with van der Waals surface area (Å²) >= 11 is 0. The van der Waals surface area contributed by atoms with Crippen molar-refractivity contribution in [3.8, 4) is 5.69 Å². The van der Waals surface area contributed by atoms with Gasteiger partial charge in [-0.2, -0.15) is 13.2 Å². The number of benzene rings is 3. The van der Waals surface area contributed by atoms with Gasteiger partial charge in [-0.3, -0.25) is 9.36 Å². The summed E-state index contributed by atoms with van der Waals surface area (Å²) in [5, 5.41) is 2.23. The quantitative estimate of drug-likeness (QED) is 0.439. The van der Waals surface area contributed by atoms with Crippen LogP contribution in [0.25, 0.3) is 27.4 Å². The smallest absolute Gasteiger partial charge is 0.276 e. The van der Waals surface area contributed by atoms with Gasteiger partial charge in [0.1, 0.15) is 0 Å². The van der Waals surface area contributed by atoms with E-state index in [1.54, 1.807) is 24.3 Å². The zero-order valence-electron chi connectivity index (χ0n) is 12.9.